The van der Waals surface area contributed by atoms with Gasteiger partial charge in [0.15, 0.2) is 11.6 Å². The number of nitrogens with one attached hydrogen (secondary N) is 1. The Hall–Kier alpha value is -1.45. The largest absolute Gasteiger partial charge is 0.325 e. The lowest BCUT2D eigenvalue weighted by atomic mass is 9.97. The third kappa shape index (κ3) is 0.720. The van der Waals surface area contributed by atoms with Gasteiger partial charge in [-0.05, 0) is 25.0 Å². The van der Waals surface area contributed by atoms with Crippen LogP contribution in [-0.2, 0) is 10.2 Å². The van der Waals surface area contributed by atoms with Crippen molar-refractivity contribution in [3.8, 4) is 0 Å². The van der Waals surface area contributed by atoms with Crippen LogP contribution in [0, 0.1) is 11.6 Å². The molecule has 0 unspecified atom stereocenters. The number of benzene rings is 1. The molecule has 0 bridgehead atoms. The molecule has 1 N–H and O–H groups in total. The van der Waals surface area contributed by atoms with Gasteiger partial charge in [0, 0.05) is 11.3 Å². The lowest BCUT2D eigenvalue weighted by molar-refractivity contribution is -0.117. The van der Waals surface area contributed by atoms with Crippen molar-refractivity contribution < 1.29 is 13.6 Å². The van der Waals surface area contributed by atoms with E-state index in [4.69, 9.17) is 0 Å². The Morgan fingerprint density at radius 1 is 1.29 bits per heavy atom. The van der Waals surface area contributed by atoms with Gasteiger partial charge in [0.1, 0.15) is 0 Å². The topological polar surface area (TPSA) is 29.1 Å². The van der Waals surface area contributed by atoms with E-state index in [9.17, 15) is 13.6 Å². The smallest absolute Gasteiger partial charge is 0.235 e. The average molecular weight is 195 g/mol. The van der Waals surface area contributed by atoms with Crippen LogP contribution in [0.5, 0.6) is 0 Å². The normalized spacial score (nSPS) is 20.9. The Bertz CT molecular complexity index is 452. The molecule has 1 aromatic carbocycles. The van der Waals surface area contributed by atoms with Crippen LogP contribution < -0.4 is 5.32 Å². The molecule has 2 aliphatic rings. The molecule has 0 aromatic heterocycles. The van der Waals surface area contributed by atoms with E-state index in [0.717, 1.165) is 6.07 Å². The molecule has 1 heterocycles. The Labute approximate surface area is 78.9 Å². The van der Waals surface area contributed by atoms with Crippen LogP contribution in [0.3, 0.4) is 0 Å². The van der Waals surface area contributed by atoms with Gasteiger partial charge >= 0.3 is 0 Å². The number of carbonyl (C=O) groups is 1. The first-order valence-electron chi connectivity index (χ1n) is 4.45. The van der Waals surface area contributed by atoms with E-state index in [1.807, 2.05) is 0 Å². The third-order valence-electron chi connectivity index (χ3n) is 3.01. The van der Waals surface area contributed by atoms with E-state index in [2.05, 4.69) is 5.32 Å². The maximum atomic E-state index is 13.4. The Morgan fingerprint density at radius 2 is 2.00 bits per heavy atom. The summed E-state index contributed by atoms with van der Waals surface area (Å²) in [5.74, 6) is -1.96. The van der Waals surface area contributed by atoms with Crippen molar-refractivity contribution in [2.24, 2.45) is 0 Å². The number of halogens is 2. The number of hydrogen-bond donors (Lipinski definition) is 1. The van der Waals surface area contributed by atoms with E-state index >= 15 is 0 Å². The number of rotatable bonds is 0. The molecule has 1 saturated carbocycles. The average Bonchev–Trinajstić information content (AvgIpc) is 2.87. The molecule has 1 amide bonds. The molecular weight excluding hydrogens is 188 g/mol. The third-order valence-corrected chi connectivity index (χ3v) is 3.01. The minimum atomic E-state index is -0.883. The fourth-order valence-corrected chi connectivity index (χ4v) is 2.08. The fourth-order valence-electron chi connectivity index (χ4n) is 2.08. The summed E-state index contributed by atoms with van der Waals surface area (Å²) in [6, 6.07) is 2.45. The SMILES string of the molecule is O=C1Nc2ccc(F)c(F)c2C12CC2. The van der Waals surface area contributed by atoms with E-state index < -0.39 is 17.0 Å². The molecule has 1 aromatic rings. The van der Waals surface area contributed by atoms with E-state index in [-0.39, 0.29) is 11.5 Å². The van der Waals surface area contributed by atoms with E-state index in [0.29, 0.717) is 18.5 Å². The van der Waals surface area contributed by atoms with Crippen LogP contribution in [0.25, 0.3) is 0 Å². The zero-order valence-electron chi connectivity index (χ0n) is 7.23. The molecule has 1 fully saturated rings. The van der Waals surface area contributed by atoms with Gasteiger partial charge in [-0.3, -0.25) is 4.79 Å². The van der Waals surface area contributed by atoms with Gasteiger partial charge in [0.2, 0.25) is 5.91 Å². The van der Waals surface area contributed by atoms with Gasteiger partial charge in [-0.25, -0.2) is 8.78 Å². The van der Waals surface area contributed by atoms with Crippen LogP contribution in [0.1, 0.15) is 18.4 Å². The minimum Gasteiger partial charge on any atom is -0.325 e. The fraction of sp³-hybridized carbons (Fsp3) is 0.300. The van der Waals surface area contributed by atoms with Crippen molar-refractivity contribution in [3.05, 3.63) is 29.3 Å². The van der Waals surface area contributed by atoms with Crippen LogP contribution in [0.2, 0.25) is 0 Å². The summed E-state index contributed by atoms with van der Waals surface area (Å²) in [5.41, 5.74) is -0.101. The quantitative estimate of drug-likeness (QED) is 0.673. The van der Waals surface area contributed by atoms with Gasteiger partial charge in [-0.2, -0.15) is 0 Å². The second-order valence-corrected chi connectivity index (χ2v) is 3.82. The second kappa shape index (κ2) is 2.13. The van der Waals surface area contributed by atoms with Crippen LogP contribution in [0.15, 0.2) is 12.1 Å². The molecule has 0 radical (unpaired) electrons. The van der Waals surface area contributed by atoms with Crippen LogP contribution >= 0.6 is 0 Å². The van der Waals surface area contributed by atoms with Gasteiger partial charge in [-0.15, -0.1) is 0 Å². The number of hydrogen-bond acceptors (Lipinski definition) is 1. The van der Waals surface area contributed by atoms with Crippen molar-refractivity contribution in [3.63, 3.8) is 0 Å². The predicted molar refractivity (Wildman–Crippen MR) is 45.9 cm³/mol. The van der Waals surface area contributed by atoms with Gasteiger partial charge in [0.05, 0.1) is 5.41 Å². The number of amides is 1. The Kier molecular flexibility index (Phi) is 1.20. The zero-order chi connectivity index (χ0) is 9.92. The van der Waals surface area contributed by atoms with Crippen molar-refractivity contribution in [2.75, 3.05) is 5.32 Å². The van der Waals surface area contributed by atoms with Crippen molar-refractivity contribution >= 4 is 11.6 Å². The highest BCUT2D eigenvalue weighted by Gasteiger charge is 2.58. The lowest BCUT2D eigenvalue weighted by Crippen LogP contribution is -2.19. The lowest BCUT2D eigenvalue weighted by Gasteiger charge is -2.05. The van der Waals surface area contributed by atoms with Crippen molar-refractivity contribution in [2.45, 2.75) is 18.3 Å². The zero-order valence-corrected chi connectivity index (χ0v) is 7.23. The van der Waals surface area contributed by atoms with Gasteiger partial charge in [-0.1, -0.05) is 0 Å². The van der Waals surface area contributed by atoms with Gasteiger partial charge in [0.25, 0.3) is 0 Å². The molecule has 0 atom stereocenters. The summed E-state index contributed by atoms with van der Waals surface area (Å²) in [5, 5.41) is 2.57. The molecular formula is C10H7F2NO. The summed E-state index contributed by atoms with van der Waals surface area (Å²) in [4.78, 5) is 11.5. The number of anilines is 1. The summed E-state index contributed by atoms with van der Waals surface area (Å²) >= 11 is 0. The van der Waals surface area contributed by atoms with E-state index in [1.165, 1.54) is 6.07 Å². The predicted octanol–water partition coefficient (Wildman–Crippen LogP) is 1.95. The van der Waals surface area contributed by atoms with E-state index in [1.54, 1.807) is 0 Å². The second-order valence-electron chi connectivity index (χ2n) is 3.82. The minimum absolute atomic E-state index is 0.197. The summed E-state index contributed by atoms with van der Waals surface area (Å²) < 4.78 is 26.4. The Morgan fingerprint density at radius 3 is 2.64 bits per heavy atom. The van der Waals surface area contributed by atoms with Crippen molar-refractivity contribution in [1.29, 1.82) is 0 Å². The Balaban J connectivity index is 2.31. The maximum Gasteiger partial charge on any atom is 0.235 e. The number of fused-ring (bicyclic) bond motifs is 2. The highest BCUT2D eigenvalue weighted by atomic mass is 19.2. The first-order valence-corrected chi connectivity index (χ1v) is 4.45. The highest BCUT2D eigenvalue weighted by molar-refractivity contribution is 6.08. The highest BCUT2D eigenvalue weighted by Crippen LogP contribution is 2.56. The molecule has 14 heavy (non-hydrogen) atoms. The van der Waals surface area contributed by atoms with Gasteiger partial charge < -0.3 is 5.32 Å². The number of carbonyl (C=O) groups excluding carboxylic acids is 1. The first kappa shape index (κ1) is 7.91. The standard InChI is InChI=1S/C10H7F2NO/c11-5-1-2-6-7(8(5)12)10(3-4-10)9(14)13-6/h1-2H,3-4H2,(H,13,14). The molecule has 2 nitrogen and oxygen atoms in total. The molecule has 1 aliphatic carbocycles. The van der Waals surface area contributed by atoms with Crippen LogP contribution in [-0.4, -0.2) is 5.91 Å². The van der Waals surface area contributed by atoms with Crippen LogP contribution in [0.4, 0.5) is 14.5 Å². The monoisotopic (exact) mass is 195 g/mol. The molecule has 1 spiro atoms. The first-order chi connectivity index (χ1) is 6.65. The molecule has 72 valence electrons. The molecule has 1 aliphatic heterocycles. The summed E-state index contributed by atoms with van der Waals surface area (Å²) in [6.07, 6.45) is 1.23. The molecule has 0 saturated heterocycles. The molecule has 4 heteroatoms. The maximum absolute atomic E-state index is 13.4. The summed E-state index contributed by atoms with van der Waals surface area (Å²) in [6.45, 7) is 0. The summed E-state index contributed by atoms with van der Waals surface area (Å²) in [7, 11) is 0. The molecule has 3 rings (SSSR count). The van der Waals surface area contributed by atoms with Crippen molar-refractivity contribution in [1.82, 2.24) is 0 Å².